The third-order valence-electron chi connectivity index (χ3n) is 3.23. The summed E-state index contributed by atoms with van der Waals surface area (Å²) < 4.78 is 0.969. The molecular weight excluding hydrogens is 348 g/mol. The number of thioether (sulfide) groups is 1. The minimum absolute atomic E-state index is 0.417. The fraction of sp³-hybridized carbons (Fsp3) is 0.0625. The summed E-state index contributed by atoms with van der Waals surface area (Å²) >= 11 is 5.10. The predicted molar refractivity (Wildman–Crippen MR) is 91.0 cm³/mol. The Morgan fingerprint density at radius 2 is 1.86 bits per heavy atom. The molecule has 1 amide bonds. The number of primary amides is 1. The number of rotatable bonds is 2. The number of nitrogens with two attached hydrogens (primary N) is 1. The van der Waals surface area contributed by atoms with Gasteiger partial charge in [-0.1, -0.05) is 40.2 Å². The molecule has 2 aromatic rings. The molecule has 0 atom stereocenters. The van der Waals surface area contributed by atoms with Crippen LogP contribution in [-0.2, 0) is 4.79 Å². The van der Waals surface area contributed by atoms with Crippen LogP contribution in [-0.4, -0.2) is 11.7 Å². The van der Waals surface area contributed by atoms with Crippen LogP contribution in [0.3, 0.4) is 0 Å². The van der Waals surface area contributed by atoms with E-state index in [2.05, 4.69) is 27.3 Å². The second-order valence-electron chi connectivity index (χ2n) is 4.63. The Balaban J connectivity index is 2.05. The number of hydrogen-bond donors (Lipinski definition) is 2. The van der Waals surface area contributed by atoms with Gasteiger partial charge in [0.25, 0.3) is 5.91 Å². The maximum Gasteiger partial charge on any atom is 0.251 e. The van der Waals surface area contributed by atoms with Crippen LogP contribution in [0.5, 0.6) is 0 Å². The summed E-state index contributed by atoms with van der Waals surface area (Å²) in [6.07, 6.45) is 0. The van der Waals surface area contributed by atoms with Gasteiger partial charge in [-0.3, -0.25) is 4.79 Å². The van der Waals surface area contributed by atoms with E-state index in [0.717, 1.165) is 21.4 Å². The number of nitrogens with one attached hydrogen (secondary N) is 1. The zero-order chi connectivity index (χ0) is 14.8. The van der Waals surface area contributed by atoms with Crippen molar-refractivity contribution in [2.24, 2.45) is 5.73 Å². The van der Waals surface area contributed by atoms with E-state index in [4.69, 9.17) is 5.73 Å². The van der Waals surface area contributed by atoms with Crippen molar-refractivity contribution in [2.75, 3.05) is 11.1 Å². The monoisotopic (exact) mass is 360 g/mol. The first kappa shape index (κ1) is 14.2. The first-order chi connectivity index (χ1) is 10.1. The Morgan fingerprint density at radius 3 is 2.57 bits per heavy atom. The lowest BCUT2D eigenvalue weighted by Gasteiger charge is -2.22. The van der Waals surface area contributed by atoms with Crippen LogP contribution in [0.1, 0.15) is 5.56 Å². The van der Waals surface area contributed by atoms with Gasteiger partial charge >= 0.3 is 0 Å². The van der Waals surface area contributed by atoms with Crippen molar-refractivity contribution in [1.29, 1.82) is 0 Å². The average Bonchev–Trinajstić information content (AvgIpc) is 2.49. The number of carbonyl (C=O) groups is 1. The molecule has 0 saturated carbocycles. The van der Waals surface area contributed by atoms with Gasteiger partial charge in [-0.05, 0) is 29.8 Å². The van der Waals surface area contributed by atoms with E-state index in [9.17, 15) is 4.79 Å². The van der Waals surface area contributed by atoms with Crippen LogP contribution in [0.2, 0.25) is 0 Å². The molecule has 0 aliphatic carbocycles. The maximum atomic E-state index is 11.9. The van der Waals surface area contributed by atoms with Crippen LogP contribution >= 0.6 is 27.7 Å². The van der Waals surface area contributed by atoms with Crippen LogP contribution in [0, 0.1) is 0 Å². The number of fused-ring (bicyclic) bond motifs is 1. The molecule has 3 nitrogen and oxygen atoms in total. The summed E-state index contributed by atoms with van der Waals surface area (Å²) in [6.45, 7) is 0. The molecule has 5 heteroatoms. The molecule has 2 aromatic carbocycles. The molecule has 1 heterocycles. The van der Waals surface area contributed by atoms with Crippen molar-refractivity contribution < 1.29 is 4.79 Å². The van der Waals surface area contributed by atoms with E-state index in [1.807, 2.05) is 42.5 Å². The summed E-state index contributed by atoms with van der Waals surface area (Å²) in [5.74, 6) is 0.283. The topological polar surface area (TPSA) is 55.1 Å². The van der Waals surface area contributed by atoms with Gasteiger partial charge in [0.2, 0.25) is 0 Å². The van der Waals surface area contributed by atoms with Gasteiger partial charge in [0.05, 0.1) is 11.3 Å². The van der Waals surface area contributed by atoms with E-state index in [1.165, 1.54) is 4.90 Å². The molecule has 0 unspecified atom stereocenters. The number of amides is 1. The Kier molecular flexibility index (Phi) is 4.03. The summed E-state index contributed by atoms with van der Waals surface area (Å²) in [7, 11) is 0. The lowest BCUT2D eigenvalue weighted by atomic mass is 10.0. The molecule has 3 N–H and O–H groups in total. The molecule has 0 radical (unpaired) electrons. The summed E-state index contributed by atoms with van der Waals surface area (Å²) in [5, 5.41) is 3.34. The largest absolute Gasteiger partial charge is 0.366 e. The number of para-hydroxylation sites is 1. The Morgan fingerprint density at radius 1 is 1.14 bits per heavy atom. The third kappa shape index (κ3) is 2.99. The zero-order valence-electron chi connectivity index (χ0n) is 11.1. The molecule has 0 bridgehead atoms. The molecule has 106 valence electrons. The first-order valence-electron chi connectivity index (χ1n) is 6.43. The van der Waals surface area contributed by atoms with Gasteiger partial charge in [-0.2, -0.15) is 0 Å². The smallest absolute Gasteiger partial charge is 0.251 e. The second-order valence-corrected chi connectivity index (χ2v) is 6.57. The molecule has 0 saturated heterocycles. The van der Waals surface area contributed by atoms with Crippen molar-refractivity contribution in [3.05, 3.63) is 64.3 Å². The molecule has 0 spiro atoms. The molecular formula is C16H13BrN2OS. The van der Waals surface area contributed by atoms with Crippen LogP contribution in [0.15, 0.2) is 63.6 Å². The fourth-order valence-electron chi connectivity index (χ4n) is 2.26. The second kappa shape index (κ2) is 5.95. The fourth-order valence-corrected chi connectivity index (χ4v) is 3.49. The van der Waals surface area contributed by atoms with Gasteiger partial charge in [-0.15, -0.1) is 11.8 Å². The van der Waals surface area contributed by atoms with E-state index >= 15 is 0 Å². The molecule has 0 fully saturated rings. The van der Waals surface area contributed by atoms with Gasteiger partial charge in [0.15, 0.2) is 0 Å². The van der Waals surface area contributed by atoms with E-state index < -0.39 is 5.91 Å². The van der Waals surface area contributed by atoms with Crippen LogP contribution in [0.25, 0.3) is 5.57 Å². The quantitative estimate of drug-likeness (QED) is 0.799. The van der Waals surface area contributed by atoms with E-state index in [-0.39, 0.29) is 0 Å². The number of carbonyl (C=O) groups excluding carboxylic acids is 1. The molecule has 1 aliphatic heterocycles. The predicted octanol–water partition coefficient (Wildman–Crippen LogP) is 3.86. The average molecular weight is 361 g/mol. The normalized spacial score (nSPS) is 15.9. The summed E-state index contributed by atoms with van der Waals surface area (Å²) in [4.78, 5) is 13.1. The highest BCUT2D eigenvalue weighted by molar-refractivity contribution is 9.10. The molecule has 1 aliphatic rings. The Bertz CT molecular complexity index is 725. The van der Waals surface area contributed by atoms with Crippen molar-refractivity contribution >= 4 is 44.9 Å². The van der Waals surface area contributed by atoms with Crippen molar-refractivity contribution in [3.8, 4) is 0 Å². The minimum Gasteiger partial charge on any atom is -0.366 e. The minimum atomic E-state index is -0.417. The van der Waals surface area contributed by atoms with Crippen molar-refractivity contribution in [3.63, 3.8) is 0 Å². The standard InChI is InChI=1S/C16H13BrN2OS/c17-11-7-5-10(6-8-11)15(16(18)20)13-9-21-14-4-2-1-3-12(14)19-13/h1-8,19H,9H2,(H2,18,20)/b15-13+. The maximum absolute atomic E-state index is 11.9. The lowest BCUT2D eigenvalue weighted by molar-refractivity contribution is -0.112. The SMILES string of the molecule is NC(=O)/C(=C1\CSc2ccccc2N1)c1ccc(Br)cc1. The van der Waals surface area contributed by atoms with Gasteiger partial charge in [-0.25, -0.2) is 0 Å². The number of anilines is 1. The number of benzene rings is 2. The van der Waals surface area contributed by atoms with Gasteiger partial charge in [0, 0.05) is 20.8 Å². The molecule has 0 aromatic heterocycles. The highest BCUT2D eigenvalue weighted by atomic mass is 79.9. The van der Waals surface area contributed by atoms with E-state index in [1.54, 1.807) is 11.8 Å². The van der Waals surface area contributed by atoms with E-state index in [0.29, 0.717) is 11.3 Å². The van der Waals surface area contributed by atoms with Gasteiger partial charge < -0.3 is 11.1 Å². The third-order valence-corrected chi connectivity index (χ3v) is 4.85. The molecule has 21 heavy (non-hydrogen) atoms. The van der Waals surface area contributed by atoms with Crippen molar-refractivity contribution in [2.45, 2.75) is 4.90 Å². The summed E-state index contributed by atoms with van der Waals surface area (Å²) in [5.41, 5.74) is 8.84. The number of hydrogen-bond acceptors (Lipinski definition) is 3. The van der Waals surface area contributed by atoms with Crippen molar-refractivity contribution in [1.82, 2.24) is 0 Å². The molecule has 3 rings (SSSR count). The highest BCUT2D eigenvalue weighted by Crippen LogP contribution is 2.36. The first-order valence-corrected chi connectivity index (χ1v) is 8.21. The van der Waals surface area contributed by atoms with Gasteiger partial charge in [0.1, 0.15) is 0 Å². The highest BCUT2D eigenvalue weighted by Gasteiger charge is 2.20. The zero-order valence-corrected chi connectivity index (χ0v) is 13.5. The van der Waals surface area contributed by atoms with Crippen LogP contribution in [0.4, 0.5) is 5.69 Å². The number of halogens is 1. The van der Waals surface area contributed by atoms with Crippen LogP contribution < -0.4 is 11.1 Å². The summed E-state index contributed by atoms with van der Waals surface area (Å²) in [6, 6.07) is 15.6. The Labute approximate surface area is 135 Å². The Hall–Kier alpha value is -1.72. The lowest BCUT2D eigenvalue weighted by Crippen LogP contribution is -2.20.